The molecule has 1 aromatic carbocycles. The molecule has 0 bridgehead atoms. The molecule has 19 heavy (non-hydrogen) atoms. The summed E-state index contributed by atoms with van der Waals surface area (Å²) in [6.07, 6.45) is 5.69. The van der Waals surface area contributed by atoms with Crippen molar-refractivity contribution in [1.29, 1.82) is 0 Å². The molecule has 1 fully saturated rings. The van der Waals surface area contributed by atoms with Crippen LogP contribution in [0, 0.1) is 5.92 Å². The summed E-state index contributed by atoms with van der Waals surface area (Å²) in [5, 5.41) is 8.12. The highest BCUT2D eigenvalue weighted by Gasteiger charge is 2.24. The maximum atomic E-state index is 4.49. The highest BCUT2D eigenvalue weighted by molar-refractivity contribution is 5.33. The molecule has 2 atom stereocenters. The molecule has 100 valence electrons. The molecule has 1 N–H and O–H groups in total. The molecule has 3 heteroatoms. The Labute approximate surface area is 114 Å². The fourth-order valence-electron chi connectivity index (χ4n) is 2.95. The minimum Gasteiger partial charge on any atom is -0.309 e. The summed E-state index contributed by atoms with van der Waals surface area (Å²) in [5.74, 6) is 0.838. The second kappa shape index (κ2) is 5.57. The molecule has 3 nitrogen and oxygen atoms in total. The lowest BCUT2D eigenvalue weighted by Gasteiger charge is -2.30. The molecule has 3 rings (SSSR count). The Morgan fingerprint density at radius 1 is 1.26 bits per heavy atom. The summed E-state index contributed by atoms with van der Waals surface area (Å²) in [7, 11) is 0. The highest BCUT2D eigenvalue weighted by atomic mass is 15.3. The van der Waals surface area contributed by atoms with Gasteiger partial charge in [-0.3, -0.25) is 0 Å². The molecule has 0 saturated carbocycles. The first-order valence-electron chi connectivity index (χ1n) is 7.21. The largest absolute Gasteiger partial charge is 0.309 e. The van der Waals surface area contributed by atoms with Gasteiger partial charge in [-0.05, 0) is 43.5 Å². The van der Waals surface area contributed by atoms with Gasteiger partial charge in [0, 0.05) is 12.2 Å². The van der Waals surface area contributed by atoms with Crippen LogP contribution in [0.1, 0.15) is 37.9 Å². The Kier molecular flexibility index (Phi) is 3.65. The third-order valence-corrected chi connectivity index (χ3v) is 4.12. The van der Waals surface area contributed by atoms with Crippen molar-refractivity contribution in [3.8, 4) is 5.69 Å². The van der Waals surface area contributed by atoms with Gasteiger partial charge in [0.25, 0.3) is 0 Å². The van der Waals surface area contributed by atoms with E-state index in [1.807, 2.05) is 12.3 Å². The fraction of sp³-hybridized carbons (Fsp3) is 0.438. The van der Waals surface area contributed by atoms with E-state index in [-0.39, 0.29) is 0 Å². The Balaban J connectivity index is 1.88. The smallest absolute Gasteiger partial charge is 0.0649 e. The van der Waals surface area contributed by atoms with Crippen LogP contribution in [0.3, 0.4) is 0 Å². The Hall–Kier alpha value is -1.61. The van der Waals surface area contributed by atoms with E-state index in [1.54, 1.807) is 0 Å². The van der Waals surface area contributed by atoms with Gasteiger partial charge in [-0.25, -0.2) is 4.68 Å². The van der Waals surface area contributed by atoms with Gasteiger partial charge in [0.2, 0.25) is 0 Å². The predicted molar refractivity (Wildman–Crippen MR) is 77.3 cm³/mol. The van der Waals surface area contributed by atoms with E-state index in [1.165, 1.54) is 25.0 Å². The van der Waals surface area contributed by atoms with Crippen molar-refractivity contribution in [3.63, 3.8) is 0 Å². The second-order valence-corrected chi connectivity index (χ2v) is 5.31. The molecule has 2 heterocycles. The second-order valence-electron chi connectivity index (χ2n) is 5.31. The number of hydrogen-bond acceptors (Lipinski definition) is 2. The van der Waals surface area contributed by atoms with Crippen LogP contribution in [0.2, 0.25) is 0 Å². The van der Waals surface area contributed by atoms with Crippen LogP contribution in [0.5, 0.6) is 0 Å². The van der Waals surface area contributed by atoms with Gasteiger partial charge in [0.05, 0.1) is 11.4 Å². The van der Waals surface area contributed by atoms with Crippen LogP contribution in [0.25, 0.3) is 5.69 Å². The van der Waals surface area contributed by atoms with Crippen LogP contribution in [0.15, 0.2) is 42.6 Å². The maximum Gasteiger partial charge on any atom is 0.0649 e. The van der Waals surface area contributed by atoms with Gasteiger partial charge in [-0.2, -0.15) is 5.10 Å². The molecule has 0 radical (unpaired) electrons. The number of hydrogen-bond donors (Lipinski definition) is 1. The number of benzene rings is 1. The van der Waals surface area contributed by atoms with E-state index in [9.17, 15) is 0 Å². The minimum absolute atomic E-state index is 0.432. The molecular formula is C16H21N3. The van der Waals surface area contributed by atoms with Gasteiger partial charge in [0.1, 0.15) is 0 Å². The number of piperidine rings is 1. The average Bonchev–Trinajstić information content (AvgIpc) is 2.98. The summed E-state index contributed by atoms with van der Waals surface area (Å²) >= 11 is 0. The van der Waals surface area contributed by atoms with Gasteiger partial charge < -0.3 is 5.32 Å². The van der Waals surface area contributed by atoms with Crippen molar-refractivity contribution in [3.05, 3.63) is 48.3 Å². The summed E-state index contributed by atoms with van der Waals surface area (Å²) in [6.45, 7) is 3.41. The topological polar surface area (TPSA) is 29.9 Å². The van der Waals surface area contributed by atoms with Crippen molar-refractivity contribution in [2.75, 3.05) is 6.54 Å². The molecule has 0 aliphatic carbocycles. The average molecular weight is 255 g/mol. The molecule has 2 aromatic rings. The summed E-state index contributed by atoms with van der Waals surface area (Å²) in [6, 6.07) is 12.9. The van der Waals surface area contributed by atoms with Gasteiger partial charge in [-0.15, -0.1) is 0 Å². The monoisotopic (exact) mass is 255 g/mol. The van der Waals surface area contributed by atoms with Crippen molar-refractivity contribution in [1.82, 2.24) is 15.1 Å². The molecule has 1 aliphatic rings. The first-order chi connectivity index (χ1) is 9.38. The first-order valence-corrected chi connectivity index (χ1v) is 7.21. The number of nitrogens with zero attached hydrogens (tertiary/aromatic N) is 2. The normalized spacial score (nSPS) is 23.4. The van der Waals surface area contributed by atoms with E-state index in [2.05, 4.69) is 52.4 Å². The third kappa shape index (κ3) is 2.56. The molecule has 2 unspecified atom stereocenters. The quantitative estimate of drug-likeness (QED) is 0.911. The zero-order valence-corrected chi connectivity index (χ0v) is 11.4. The van der Waals surface area contributed by atoms with E-state index < -0.39 is 0 Å². The van der Waals surface area contributed by atoms with E-state index in [4.69, 9.17) is 0 Å². The van der Waals surface area contributed by atoms with Crippen molar-refractivity contribution < 1.29 is 0 Å². The highest BCUT2D eigenvalue weighted by Crippen LogP contribution is 2.29. The first kappa shape index (κ1) is 12.4. The van der Waals surface area contributed by atoms with Gasteiger partial charge in [0.15, 0.2) is 0 Å². The van der Waals surface area contributed by atoms with Crippen molar-refractivity contribution >= 4 is 0 Å². The van der Waals surface area contributed by atoms with Crippen LogP contribution in [-0.2, 0) is 0 Å². The van der Waals surface area contributed by atoms with Crippen molar-refractivity contribution in [2.45, 2.75) is 32.2 Å². The Bertz CT molecular complexity index is 518. The minimum atomic E-state index is 0.432. The third-order valence-electron chi connectivity index (χ3n) is 4.12. The predicted octanol–water partition coefficient (Wildman–Crippen LogP) is 3.32. The lowest BCUT2D eigenvalue weighted by molar-refractivity contribution is 0.292. The fourth-order valence-corrected chi connectivity index (χ4v) is 2.95. The molecular weight excluding hydrogens is 234 g/mol. The Morgan fingerprint density at radius 3 is 2.89 bits per heavy atom. The standard InChI is InChI=1S/C16H21N3/c1-2-13-8-10-17-15(12-13)16-9-11-18-19(16)14-6-4-3-5-7-14/h3-7,9,11,13,15,17H,2,8,10,12H2,1H3. The number of rotatable bonds is 3. The molecule has 0 amide bonds. The molecule has 1 saturated heterocycles. The van der Waals surface area contributed by atoms with E-state index in [0.717, 1.165) is 18.2 Å². The molecule has 1 aromatic heterocycles. The summed E-state index contributed by atoms with van der Waals surface area (Å²) in [5.41, 5.74) is 2.42. The van der Waals surface area contributed by atoms with Crippen LogP contribution in [0.4, 0.5) is 0 Å². The van der Waals surface area contributed by atoms with Gasteiger partial charge >= 0.3 is 0 Å². The van der Waals surface area contributed by atoms with Crippen molar-refractivity contribution in [2.24, 2.45) is 5.92 Å². The number of para-hydroxylation sites is 1. The van der Waals surface area contributed by atoms with Gasteiger partial charge in [-0.1, -0.05) is 31.5 Å². The van der Waals surface area contributed by atoms with Crippen LogP contribution in [-0.4, -0.2) is 16.3 Å². The maximum absolute atomic E-state index is 4.49. The summed E-state index contributed by atoms with van der Waals surface area (Å²) in [4.78, 5) is 0. The van der Waals surface area contributed by atoms with E-state index in [0.29, 0.717) is 6.04 Å². The molecule has 0 spiro atoms. The zero-order valence-electron chi connectivity index (χ0n) is 11.4. The summed E-state index contributed by atoms with van der Waals surface area (Å²) < 4.78 is 2.07. The van der Waals surface area contributed by atoms with Crippen LogP contribution >= 0.6 is 0 Å². The number of nitrogens with one attached hydrogen (secondary N) is 1. The molecule has 1 aliphatic heterocycles. The lowest BCUT2D eigenvalue weighted by Crippen LogP contribution is -2.32. The van der Waals surface area contributed by atoms with E-state index >= 15 is 0 Å². The Morgan fingerprint density at radius 2 is 2.11 bits per heavy atom. The SMILES string of the molecule is CCC1CCNC(c2ccnn2-c2ccccc2)C1. The lowest BCUT2D eigenvalue weighted by atomic mass is 9.89. The number of aromatic nitrogens is 2. The zero-order chi connectivity index (χ0) is 13.1. The van der Waals surface area contributed by atoms with Crippen LogP contribution < -0.4 is 5.32 Å².